The summed E-state index contributed by atoms with van der Waals surface area (Å²) < 4.78 is 27.2. The Morgan fingerprint density at radius 2 is 2.00 bits per heavy atom. The number of sulfonamides is 1. The maximum Gasteiger partial charge on any atom is 0.306 e. The van der Waals surface area contributed by atoms with Crippen molar-refractivity contribution in [3.8, 4) is 0 Å². The van der Waals surface area contributed by atoms with E-state index in [0.29, 0.717) is 12.1 Å². The van der Waals surface area contributed by atoms with Crippen LogP contribution in [0.1, 0.15) is 25.7 Å². The van der Waals surface area contributed by atoms with Crippen LogP contribution >= 0.6 is 0 Å². The SMILES string of the molecule is COC(=O)CC1CCCC=C1NNc1ccc(S(N)(=O)=O)cc1. The molecule has 126 valence electrons. The van der Waals surface area contributed by atoms with Gasteiger partial charge in [0.25, 0.3) is 0 Å². The smallest absolute Gasteiger partial charge is 0.306 e. The van der Waals surface area contributed by atoms with Crippen LogP contribution in [0.3, 0.4) is 0 Å². The van der Waals surface area contributed by atoms with E-state index in [0.717, 1.165) is 25.0 Å². The first kappa shape index (κ1) is 17.3. The first-order valence-corrected chi connectivity index (χ1v) is 8.86. The molecule has 0 aliphatic heterocycles. The Balaban J connectivity index is 1.98. The minimum absolute atomic E-state index is 0.0588. The van der Waals surface area contributed by atoms with Gasteiger partial charge in [-0.2, -0.15) is 0 Å². The van der Waals surface area contributed by atoms with Gasteiger partial charge in [0, 0.05) is 11.6 Å². The monoisotopic (exact) mass is 339 g/mol. The van der Waals surface area contributed by atoms with E-state index < -0.39 is 10.0 Å². The van der Waals surface area contributed by atoms with E-state index in [1.807, 2.05) is 0 Å². The Kier molecular flexibility index (Phi) is 5.62. The molecule has 0 saturated carbocycles. The number of ether oxygens (including phenoxy) is 1. The second-order valence-electron chi connectivity index (χ2n) is 5.39. The zero-order chi connectivity index (χ0) is 16.9. The van der Waals surface area contributed by atoms with Crippen molar-refractivity contribution in [1.29, 1.82) is 0 Å². The first-order valence-electron chi connectivity index (χ1n) is 7.32. The molecule has 0 spiro atoms. The summed E-state index contributed by atoms with van der Waals surface area (Å²) in [5.74, 6) is -0.144. The standard InChI is InChI=1S/C15H21N3O4S/c1-22-15(19)10-11-4-2-3-5-14(11)18-17-12-6-8-13(9-7-12)23(16,20)21/h5-9,11,17-18H,2-4,10H2,1H3,(H2,16,20,21). The van der Waals surface area contributed by atoms with E-state index in [1.54, 1.807) is 12.1 Å². The van der Waals surface area contributed by atoms with Crippen LogP contribution in [0.25, 0.3) is 0 Å². The van der Waals surface area contributed by atoms with Crippen LogP contribution in [0, 0.1) is 5.92 Å². The zero-order valence-electron chi connectivity index (χ0n) is 12.9. The molecule has 1 aromatic carbocycles. The van der Waals surface area contributed by atoms with Gasteiger partial charge in [0.2, 0.25) is 10.0 Å². The number of hydrazine groups is 1. The highest BCUT2D eigenvalue weighted by atomic mass is 32.2. The Labute approximate surface area is 135 Å². The fraction of sp³-hybridized carbons (Fsp3) is 0.400. The predicted molar refractivity (Wildman–Crippen MR) is 86.6 cm³/mol. The molecule has 0 fully saturated rings. The quantitative estimate of drug-likeness (QED) is 0.535. The van der Waals surface area contributed by atoms with E-state index in [9.17, 15) is 13.2 Å². The van der Waals surface area contributed by atoms with Crippen molar-refractivity contribution in [1.82, 2.24) is 5.43 Å². The number of allylic oxidation sites excluding steroid dienone is 2. The van der Waals surface area contributed by atoms with Gasteiger partial charge >= 0.3 is 5.97 Å². The molecule has 8 heteroatoms. The number of nitrogens with two attached hydrogens (primary N) is 1. The lowest BCUT2D eigenvalue weighted by molar-refractivity contribution is -0.141. The Morgan fingerprint density at radius 3 is 2.61 bits per heavy atom. The van der Waals surface area contributed by atoms with Crippen LogP contribution in [0.4, 0.5) is 5.69 Å². The van der Waals surface area contributed by atoms with Crippen molar-refractivity contribution in [2.24, 2.45) is 11.1 Å². The normalized spacial score (nSPS) is 18.0. The highest BCUT2D eigenvalue weighted by Crippen LogP contribution is 2.26. The van der Waals surface area contributed by atoms with E-state index in [2.05, 4.69) is 16.9 Å². The second kappa shape index (κ2) is 7.47. The lowest BCUT2D eigenvalue weighted by Crippen LogP contribution is -2.29. The van der Waals surface area contributed by atoms with Crippen LogP contribution in [0.15, 0.2) is 40.9 Å². The van der Waals surface area contributed by atoms with E-state index in [1.165, 1.54) is 19.2 Å². The van der Waals surface area contributed by atoms with Gasteiger partial charge in [-0.1, -0.05) is 6.08 Å². The Morgan fingerprint density at radius 1 is 1.30 bits per heavy atom. The molecule has 1 aliphatic rings. The second-order valence-corrected chi connectivity index (χ2v) is 6.95. The van der Waals surface area contributed by atoms with Crippen LogP contribution < -0.4 is 16.0 Å². The third-order valence-corrected chi connectivity index (χ3v) is 4.66. The molecule has 0 heterocycles. The van der Waals surface area contributed by atoms with Gasteiger partial charge in [-0.05, 0) is 43.5 Å². The number of primary sulfonamides is 1. The average Bonchev–Trinajstić information content (AvgIpc) is 2.53. The number of anilines is 1. The molecular formula is C15H21N3O4S. The molecule has 1 unspecified atom stereocenters. The number of nitrogens with one attached hydrogen (secondary N) is 2. The number of hydrogen-bond donors (Lipinski definition) is 3. The summed E-state index contributed by atoms with van der Waals surface area (Å²) >= 11 is 0. The minimum atomic E-state index is -3.69. The van der Waals surface area contributed by atoms with Gasteiger partial charge < -0.3 is 15.6 Å². The first-order chi connectivity index (χ1) is 10.9. The molecule has 0 aromatic heterocycles. The zero-order valence-corrected chi connectivity index (χ0v) is 13.7. The largest absolute Gasteiger partial charge is 0.469 e. The molecule has 0 bridgehead atoms. The molecular weight excluding hydrogens is 318 g/mol. The lowest BCUT2D eigenvalue weighted by atomic mass is 9.90. The molecule has 23 heavy (non-hydrogen) atoms. The number of methoxy groups -OCH3 is 1. The maximum atomic E-state index is 11.5. The third-order valence-electron chi connectivity index (χ3n) is 3.74. The van der Waals surface area contributed by atoms with Gasteiger partial charge in [-0.15, -0.1) is 0 Å². The number of carbonyl (C=O) groups is 1. The minimum Gasteiger partial charge on any atom is -0.469 e. The number of hydrogen-bond acceptors (Lipinski definition) is 6. The molecule has 7 nitrogen and oxygen atoms in total. The van der Waals surface area contributed by atoms with Crippen molar-refractivity contribution >= 4 is 21.7 Å². The maximum absolute atomic E-state index is 11.5. The van der Waals surface area contributed by atoms with Gasteiger partial charge in [0.1, 0.15) is 0 Å². The molecule has 0 saturated heterocycles. The lowest BCUT2D eigenvalue weighted by Gasteiger charge is -2.25. The van der Waals surface area contributed by atoms with Gasteiger partial charge in [-0.25, -0.2) is 13.6 Å². The predicted octanol–water partition coefficient (Wildman–Crippen LogP) is 1.50. The fourth-order valence-corrected chi connectivity index (χ4v) is 2.98. The molecule has 2 rings (SSSR count). The van der Waals surface area contributed by atoms with Crippen molar-refractivity contribution in [2.45, 2.75) is 30.6 Å². The fourth-order valence-electron chi connectivity index (χ4n) is 2.47. The summed E-state index contributed by atoms with van der Waals surface area (Å²) in [7, 11) is -2.31. The van der Waals surface area contributed by atoms with Gasteiger partial charge in [-0.3, -0.25) is 4.79 Å². The summed E-state index contributed by atoms with van der Waals surface area (Å²) in [5.41, 5.74) is 7.74. The number of rotatable bonds is 6. The Bertz CT molecular complexity index is 683. The van der Waals surface area contributed by atoms with E-state index in [-0.39, 0.29) is 16.8 Å². The average molecular weight is 339 g/mol. The third kappa shape index (κ3) is 4.97. The summed E-state index contributed by atoms with van der Waals surface area (Å²) in [4.78, 5) is 11.5. The highest BCUT2D eigenvalue weighted by Gasteiger charge is 2.21. The van der Waals surface area contributed by atoms with Gasteiger partial charge in [0.05, 0.1) is 24.1 Å². The van der Waals surface area contributed by atoms with Crippen LogP contribution in [-0.2, 0) is 19.6 Å². The van der Waals surface area contributed by atoms with Crippen molar-refractivity contribution in [3.05, 3.63) is 36.0 Å². The molecule has 1 aromatic rings. The van der Waals surface area contributed by atoms with E-state index >= 15 is 0 Å². The topological polar surface area (TPSA) is 111 Å². The molecule has 1 aliphatic carbocycles. The number of carbonyl (C=O) groups excluding carboxylic acids is 1. The Hall–Kier alpha value is -2.06. The van der Waals surface area contributed by atoms with Crippen LogP contribution in [-0.4, -0.2) is 21.5 Å². The van der Waals surface area contributed by atoms with Gasteiger partial charge in [0.15, 0.2) is 0 Å². The van der Waals surface area contributed by atoms with Crippen LogP contribution in [0.5, 0.6) is 0 Å². The summed E-state index contributed by atoms with van der Waals surface area (Å²) in [5, 5.41) is 5.06. The number of esters is 1. The number of benzene rings is 1. The molecule has 0 amide bonds. The van der Waals surface area contributed by atoms with Crippen molar-refractivity contribution < 1.29 is 17.9 Å². The van der Waals surface area contributed by atoms with Crippen molar-refractivity contribution in [3.63, 3.8) is 0 Å². The van der Waals surface area contributed by atoms with Crippen LogP contribution in [0.2, 0.25) is 0 Å². The molecule has 1 atom stereocenters. The summed E-state index contributed by atoms with van der Waals surface area (Å²) in [6.07, 6.45) is 5.30. The molecule has 4 N–H and O–H groups in total. The summed E-state index contributed by atoms with van der Waals surface area (Å²) in [6, 6.07) is 6.10. The van der Waals surface area contributed by atoms with E-state index in [4.69, 9.17) is 9.88 Å². The molecule has 0 radical (unpaired) electrons. The van der Waals surface area contributed by atoms with Crippen molar-refractivity contribution in [2.75, 3.05) is 12.5 Å². The summed E-state index contributed by atoms with van der Waals surface area (Å²) in [6.45, 7) is 0. The highest BCUT2D eigenvalue weighted by molar-refractivity contribution is 7.89.